The highest BCUT2D eigenvalue weighted by atomic mass is 32.2. The molecule has 2 rings (SSSR count). The summed E-state index contributed by atoms with van der Waals surface area (Å²) in [6.07, 6.45) is 10.4. The molecular formula is C36H63N5O7S. The predicted molar refractivity (Wildman–Crippen MR) is 193 cm³/mol. The highest BCUT2D eigenvalue weighted by Gasteiger charge is 2.47. The van der Waals surface area contributed by atoms with E-state index in [0.29, 0.717) is 38.5 Å². The van der Waals surface area contributed by atoms with E-state index in [-0.39, 0.29) is 25.3 Å². The second-order valence-electron chi connectivity index (χ2n) is 15.4. The van der Waals surface area contributed by atoms with Gasteiger partial charge >= 0.3 is 6.03 Å². The fraction of sp³-hybridized carbons (Fsp3) is 0.806. The molecule has 2 saturated carbocycles. The third-order valence-electron chi connectivity index (χ3n) is 10.3. The number of rotatable bonds is 18. The average molecular weight is 710 g/mol. The molecular weight excluding hydrogens is 646 g/mol. The van der Waals surface area contributed by atoms with Crippen molar-refractivity contribution in [3.63, 3.8) is 0 Å². The maximum absolute atomic E-state index is 14.5. The summed E-state index contributed by atoms with van der Waals surface area (Å²) in [5, 5.41) is 11.2. The van der Waals surface area contributed by atoms with Crippen LogP contribution in [0.2, 0.25) is 0 Å². The number of amides is 5. The molecule has 0 bridgehead atoms. The largest absolute Gasteiger partial charge is 0.346 e. The van der Waals surface area contributed by atoms with Gasteiger partial charge in [-0.2, -0.15) is 0 Å². The fourth-order valence-electron chi connectivity index (χ4n) is 6.95. The Hall–Kier alpha value is -2.96. The molecule has 0 spiro atoms. The van der Waals surface area contributed by atoms with Gasteiger partial charge in [-0.25, -0.2) is 13.2 Å². The molecule has 0 heterocycles. The van der Waals surface area contributed by atoms with Crippen LogP contribution in [0.1, 0.15) is 132 Å². The quantitative estimate of drug-likeness (QED) is 0.121. The van der Waals surface area contributed by atoms with E-state index in [9.17, 15) is 32.4 Å². The Balaban J connectivity index is 2.37. The van der Waals surface area contributed by atoms with Crippen molar-refractivity contribution in [1.29, 1.82) is 0 Å². The minimum absolute atomic E-state index is 0.114. The molecule has 13 heteroatoms. The van der Waals surface area contributed by atoms with Crippen molar-refractivity contribution < 1.29 is 32.4 Å². The summed E-state index contributed by atoms with van der Waals surface area (Å²) in [6, 6.07) is -3.62. The van der Waals surface area contributed by atoms with Crippen LogP contribution < -0.4 is 21.3 Å². The number of carbonyl (C=O) groups is 5. The lowest BCUT2D eigenvalue weighted by molar-refractivity contribution is -0.145. The molecule has 0 aliphatic heterocycles. The van der Waals surface area contributed by atoms with Gasteiger partial charge in [-0.3, -0.25) is 19.2 Å². The third kappa shape index (κ3) is 11.5. The van der Waals surface area contributed by atoms with Gasteiger partial charge < -0.3 is 26.2 Å². The zero-order valence-corrected chi connectivity index (χ0v) is 31.9. The van der Waals surface area contributed by atoms with E-state index in [0.717, 1.165) is 38.5 Å². The van der Waals surface area contributed by atoms with Crippen LogP contribution in [-0.2, 0) is 29.0 Å². The average Bonchev–Trinajstić information content (AvgIpc) is 3.48. The topological polar surface area (TPSA) is 171 Å². The molecule has 3 atom stereocenters. The number of unbranched alkanes of at least 4 members (excludes halogenated alkanes) is 1. The lowest BCUT2D eigenvalue weighted by Crippen LogP contribution is -2.64. The van der Waals surface area contributed by atoms with Gasteiger partial charge in [0.2, 0.25) is 17.6 Å². The van der Waals surface area contributed by atoms with Crippen molar-refractivity contribution in [3.8, 4) is 0 Å². The normalized spacial score (nSPS) is 19.1. The van der Waals surface area contributed by atoms with Crippen LogP contribution in [0, 0.1) is 5.41 Å². The van der Waals surface area contributed by atoms with Crippen molar-refractivity contribution in [2.24, 2.45) is 5.41 Å². The zero-order chi connectivity index (χ0) is 37.0. The van der Waals surface area contributed by atoms with E-state index in [1.165, 1.54) is 11.0 Å². The number of ketones is 1. The monoisotopic (exact) mass is 709 g/mol. The Bertz CT molecular complexity index is 1280. The van der Waals surface area contributed by atoms with Crippen molar-refractivity contribution in [2.45, 2.75) is 160 Å². The van der Waals surface area contributed by atoms with Crippen LogP contribution in [0.5, 0.6) is 0 Å². The predicted octanol–water partition coefficient (Wildman–Crippen LogP) is 4.32. The van der Waals surface area contributed by atoms with Gasteiger partial charge in [0.25, 0.3) is 5.91 Å². The SMILES string of the molecule is C=CCNC(=O)C(=O)C(CCCC)NC(=O)[C@H](C)N(CCC)C(=O)[C@@H](NC(=O)NC1(CS(=O)(=O)C(C)(C)C)CCCCC1)C1(C)CCCC1. The summed E-state index contributed by atoms with van der Waals surface area (Å²) >= 11 is 0. The van der Waals surface area contributed by atoms with Crippen molar-refractivity contribution in [1.82, 2.24) is 26.2 Å². The summed E-state index contributed by atoms with van der Waals surface area (Å²) in [7, 11) is -3.56. The van der Waals surface area contributed by atoms with E-state index >= 15 is 0 Å². The number of nitrogens with zero attached hydrogens (tertiary/aromatic N) is 1. The van der Waals surface area contributed by atoms with E-state index in [1.807, 2.05) is 20.8 Å². The lowest BCUT2D eigenvalue weighted by atomic mass is 9.79. The Labute approximate surface area is 294 Å². The van der Waals surface area contributed by atoms with Gasteiger partial charge in [0.05, 0.1) is 22.1 Å². The van der Waals surface area contributed by atoms with E-state index in [2.05, 4.69) is 27.8 Å². The minimum atomic E-state index is -3.56. The van der Waals surface area contributed by atoms with Crippen LogP contribution in [-0.4, -0.2) is 90.1 Å². The van der Waals surface area contributed by atoms with E-state index in [4.69, 9.17) is 0 Å². The van der Waals surface area contributed by atoms with E-state index in [1.54, 1.807) is 27.7 Å². The zero-order valence-electron chi connectivity index (χ0n) is 31.0. The van der Waals surface area contributed by atoms with Crippen molar-refractivity contribution in [2.75, 3.05) is 18.8 Å². The maximum Gasteiger partial charge on any atom is 0.315 e. The first-order chi connectivity index (χ1) is 22.9. The molecule has 49 heavy (non-hydrogen) atoms. The molecule has 0 aromatic rings. The number of urea groups is 1. The van der Waals surface area contributed by atoms with Gasteiger partial charge in [0, 0.05) is 13.1 Å². The van der Waals surface area contributed by atoms with Crippen LogP contribution in [0.4, 0.5) is 4.79 Å². The Morgan fingerprint density at radius 3 is 2.04 bits per heavy atom. The Kier molecular flexibility index (Phi) is 15.8. The van der Waals surface area contributed by atoms with Gasteiger partial charge in [0.15, 0.2) is 9.84 Å². The fourth-order valence-corrected chi connectivity index (χ4v) is 8.47. The number of hydrogen-bond acceptors (Lipinski definition) is 7. The van der Waals surface area contributed by atoms with Crippen molar-refractivity contribution >= 4 is 39.4 Å². The summed E-state index contributed by atoms with van der Waals surface area (Å²) < 4.78 is 25.7. The Morgan fingerprint density at radius 2 is 1.51 bits per heavy atom. The smallest absolute Gasteiger partial charge is 0.315 e. The van der Waals surface area contributed by atoms with Crippen LogP contribution in [0.3, 0.4) is 0 Å². The first-order valence-corrected chi connectivity index (χ1v) is 19.9. The highest BCUT2D eigenvalue weighted by Crippen LogP contribution is 2.41. The summed E-state index contributed by atoms with van der Waals surface area (Å²) in [5.74, 6) is -2.74. The molecule has 280 valence electrons. The molecule has 0 saturated heterocycles. The Morgan fingerprint density at radius 1 is 0.918 bits per heavy atom. The molecule has 12 nitrogen and oxygen atoms in total. The molecule has 5 amide bonds. The number of hydrogen-bond donors (Lipinski definition) is 4. The molecule has 0 radical (unpaired) electrons. The van der Waals surface area contributed by atoms with E-state index < -0.39 is 73.2 Å². The maximum atomic E-state index is 14.5. The lowest BCUT2D eigenvalue weighted by Gasteiger charge is -2.42. The molecule has 4 N–H and O–H groups in total. The first kappa shape index (κ1) is 42.2. The van der Waals surface area contributed by atoms with Crippen LogP contribution in [0.15, 0.2) is 12.7 Å². The molecule has 2 fully saturated rings. The summed E-state index contributed by atoms with van der Waals surface area (Å²) in [4.78, 5) is 69.0. The van der Waals surface area contributed by atoms with Gasteiger partial charge in [-0.15, -0.1) is 6.58 Å². The molecule has 0 aromatic heterocycles. The first-order valence-electron chi connectivity index (χ1n) is 18.2. The minimum Gasteiger partial charge on any atom is -0.346 e. The standard InChI is InChI=1S/C36H63N5O7S/c1-9-12-18-27(28(42)31(44)37-23-10-2)38-30(43)26(4)41(24-11-3)32(45)29(35(8)19-16-17-20-35)39-33(46)40-36(21-14-13-15-22-36)25-49(47,48)34(5,6)7/h10,26-27,29H,2,9,11-25H2,1,3-8H3,(H,37,44)(H,38,43)(H2,39,40,46)/t26-,27?,29+/m0/s1. The number of nitrogens with one attached hydrogen (secondary N) is 4. The molecule has 0 aromatic carbocycles. The second-order valence-corrected chi connectivity index (χ2v) is 18.1. The second kappa shape index (κ2) is 18.3. The van der Waals surface area contributed by atoms with Crippen LogP contribution in [0.25, 0.3) is 0 Å². The van der Waals surface area contributed by atoms with Crippen molar-refractivity contribution in [3.05, 3.63) is 12.7 Å². The molecule has 2 aliphatic rings. The van der Waals surface area contributed by atoms with Gasteiger partial charge in [-0.1, -0.05) is 71.8 Å². The highest BCUT2D eigenvalue weighted by molar-refractivity contribution is 7.92. The van der Waals surface area contributed by atoms with Gasteiger partial charge in [-0.05, 0) is 71.6 Å². The molecule has 1 unspecified atom stereocenters. The third-order valence-corrected chi connectivity index (χ3v) is 13.1. The van der Waals surface area contributed by atoms with Crippen LogP contribution >= 0.6 is 0 Å². The van der Waals surface area contributed by atoms with Gasteiger partial charge in [0.1, 0.15) is 12.1 Å². The molecule has 2 aliphatic carbocycles. The number of sulfone groups is 1. The summed E-state index contributed by atoms with van der Waals surface area (Å²) in [6.45, 7) is 16.3. The number of Topliss-reactive ketones (excluding diaryl/α,β-unsaturated/α-hetero) is 1. The number of carbonyl (C=O) groups excluding carboxylic acids is 5. The summed E-state index contributed by atoms with van der Waals surface area (Å²) in [5.41, 5.74) is -1.54.